The van der Waals surface area contributed by atoms with Gasteiger partial charge in [0, 0.05) is 11.1 Å². The van der Waals surface area contributed by atoms with E-state index in [2.05, 4.69) is 15.4 Å². The summed E-state index contributed by atoms with van der Waals surface area (Å²) >= 11 is 6.00. The number of aromatic nitrogens is 3. The van der Waals surface area contributed by atoms with Crippen LogP contribution in [0.4, 0.5) is 4.39 Å². The molecule has 1 heterocycles. The fourth-order valence-corrected chi connectivity index (χ4v) is 2.53. The first-order chi connectivity index (χ1) is 12.6. The first-order valence-corrected chi connectivity index (χ1v) is 8.21. The van der Waals surface area contributed by atoms with Gasteiger partial charge in [-0.05, 0) is 31.2 Å². The number of ether oxygens (including phenoxy) is 2. The number of nitrogens with zero attached hydrogens (tertiary/aromatic N) is 2. The third kappa shape index (κ3) is 4.00. The van der Waals surface area contributed by atoms with Crippen molar-refractivity contribution in [2.75, 3.05) is 6.61 Å². The van der Waals surface area contributed by atoms with Crippen LogP contribution in [0.5, 0.6) is 5.75 Å². The molecule has 6 nitrogen and oxygen atoms in total. The van der Waals surface area contributed by atoms with Crippen molar-refractivity contribution in [3.63, 3.8) is 0 Å². The number of benzene rings is 2. The second-order valence-electron chi connectivity index (χ2n) is 5.29. The van der Waals surface area contributed by atoms with Crippen molar-refractivity contribution in [3.05, 3.63) is 64.6 Å². The van der Waals surface area contributed by atoms with Gasteiger partial charge in [-0.25, -0.2) is 9.18 Å². The SMILES string of the molecule is CCOC(=O)c1n[nH]nc1-c1cccc(OCc2ccc(F)cc2Cl)c1. The molecule has 0 spiro atoms. The molecule has 0 bridgehead atoms. The molecule has 1 aromatic heterocycles. The highest BCUT2D eigenvalue weighted by molar-refractivity contribution is 6.31. The maximum Gasteiger partial charge on any atom is 0.361 e. The molecule has 0 saturated carbocycles. The van der Waals surface area contributed by atoms with Crippen molar-refractivity contribution in [2.24, 2.45) is 0 Å². The predicted molar refractivity (Wildman–Crippen MR) is 93.5 cm³/mol. The molecule has 2 aromatic carbocycles. The number of H-pyrrole nitrogens is 1. The lowest BCUT2D eigenvalue weighted by Crippen LogP contribution is -2.06. The van der Waals surface area contributed by atoms with Crippen LogP contribution in [0.25, 0.3) is 11.3 Å². The zero-order valence-corrected chi connectivity index (χ0v) is 14.6. The number of rotatable bonds is 6. The molecule has 0 aliphatic rings. The molecule has 26 heavy (non-hydrogen) atoms. The summed E-state index contributed by atoms with van der Waals surface area (Å²) in [6, 6.07) is 11.1. The van der Waals surface area contributed by atoms with E-state index >= 15 is 0 Å². The van der Waals surface area contributed by atoms with Crippen LogP contribution in [0.2, 0.25) is 5.02 Å². The Morgan fingerprint density at radius 2 is 2.08 bits per heavy atom. The van der Waals surface area contributed by atoms with Gasteiger partial charge in [0.15, 0.2) is 5.69 Å². The summed E-state index contributed by atoms with van der Waals surface area (Å²) in [7, 11) is 0. The average molecular weight is 376 g/mol. The fraction of sp³-hybridized carbons (Fsp3) is 0.167. The number of carbonyl (C=O) groups excluding carboxylic acids is 1. The molecule has 0 radical (unpaired) electrons. The van der Waals surface area contributed by atoms with E-state index in [1.165, 1.54) is 12.1 Å². The van der Waals surface area contributed by atoms with Crippen LogP contribution in [-0.2, 0) is 11.3 Å². The van der Waals surface area contributed by atoms with Gasteiger partial charge >= 0.3 is 5.97 Å². The lowest BCUT2D eigenvalue weighted by Gasteiger charge is -2.09. The first-order valence-electron chi connectivity index (χ1n) is 7.83. The largest absolute Gasteiger partial charge is 0.489 e. The minimum absolute atomic E-state index is 0.102. The van der Waals surface area contributed by atoms with Crippen molar-refractivity contribution in [2.45, 2.75) is 13.5 Å². The summed E-state index contributed by atoms with van der Waals surface area (Å²) in [5.74, 6) is -0.417. The van der Waals surface area contributed by atoms with E-state index in [0.717, 1.165) is 0 Å². The molecular formula is C18H15ClFN3O3. The Bertz CT molecular complexity index is 930. The highest BCUT2D eigenvalue weighted by Gasteiger charge is 2.19. The van der Waals surface area contributed by atoms with Gasteiger partial charge in [-0.2, -0.15) is 10.3 Å². The molecule has 134 valence electrons. The zero-order valence-electron chi connectivity index (χ0n) is 13.8. The van der Waals surface area contributed by atoms with E-state index in [9.17, 15) is 9.18 Å². The molecule has 1 N–H and O–H groups in total. The Labute approximate surface area is 153 Å². The molecule has 0 atom stereocenters. The quantitative estimate of drug-likeness (QED) is 0.658. The van der Waals surface area contributed by atoms with Gasteiger partial charge in [0.25, 0.3) is 0 Å². The summed E-state index contributed by atoms with van der Waals surface area (Å²) in [5.41, 5.74) is 1.77. The van der Waals surface area contributed by atoms with Crippen LogP contribution in [0.15, 0.2) is 42.5 Å². The van der Waals surface area contributed by atoms with Gasteiger partial charge in [-0.3, -0.25) is 0 Å². The first kappa shape index (κ1) is 17.9. The summed E-state index contributed by atoms with van der Waals surface area (Å²) < 4.78 is 23.8. The number of aromatic amines is 1. The molecule has 0 fully saturated rings. The highest BCUT2D eigenvalue weighted by atomic mass is 35.5. The van der Waals surface area contributed by atoms with Crippen molar-refractivity contribution in [3.8, 4) is 17.0 Å². The van der Waals surface area contributed by atoms with Crippen LogP contribution >= 0.6 is 11.6 Å². The Hall–Kier alpha value is -2.93. The smallest absolute Gasteiger partial charge is 0.361 e. The third-order valence-electron chi connectivity index (χ3n) is 3.53. The number of hydrogen-bond acceptors (Lipinski definition) is 5. The second-order valence-corrected chi connectivity index (χ2v) is 5.70. The summed E-state index contributed by atoms with van der Waals surface area (Å²) in [6.07, 6.45) is 0. The minimum atomic E-state index is -0.555. The molecular weight excluding hydrogens is 361 g/mol. The molecule has 3 aromatic rings. The van der Waals surface area contributed by atoms with Crippen molar-refractivity contribution in [1.82, 2.24) is 15.4 Å². The number of esters is 1. The predicted octanol–water partition coefficient (Wildman–Crippen LogP) is 4.02. The van der Waals surface area contributed by atoms with E-state index in [1.807, 2.05) is 0 Å². The number of carbonyl (C=O) groups is 1. The molecule has 0 aliphatic heterocycles. The standard InChI is InChI=1S/C18H15ClFN3O3/c1-2-25-18(24)17-16(21-23-22-17)11-4-3-5-14(8-11)26-10-12-6-7-13(20)9-15(12)19/h3-9H,2,10H2,1H3,(H,21,22,23). The average Bonchev–Trinajstić information content (AvgIpc) is 3.11. The third-order valence-corrected chi connectivity index (χ3v) is 3.89. The van der Waals surface area contributed by atoms with Crippen molar-refractivity contribution >= 4 is 17.6 Å². The molecule has 3 rings (SSSR count). The maximum absolute atomic E-state index is 13.1. The van der Waals surface area contributed by atoms with Gasteiger partial charge in [0.05, 0.1) is 11.6 Å². The van der Waals surface area contributed by atoms with Gasteiger partial charge in [-0.15, -0.1) is 5.10 Å². The van der Waals surface area contributed by atoms with Crippen molar-refractivity contribution < 1.29 is 18.7 Å². The molecule has 0 amide bonds. The Morgan fingerprint density at radius 3 is 2.85 bits per heavy atom. The van der Waals surface area contributed by atoms with E-state index in [0.29, 0.717) is 27.6 Å². The molecule has 0 saturated heterocycles. The lowest BCUT2D eigenvalue weighted by molar-refractivity contribution is 0.0520. The van der Waals surface area contributed by atoms with E-state index in [-0.39, 0.29) is 18.9 Å². The highest BCUT2D eigenvalue weighted by Crippen LogP contribution is 2.26. The van der Waals surface area contributed by atoms with Crippen LogP contribution in [0.3, 0.4) is 0 Å². The molecule has 0 unspecified atom stereocenters. The number of halogens is 2. The summed E-state index contributed by atoms with van der Waals surface area (Å²) in [6.45, 7) is 2.13. The topological polar surface area (TPSA) is 77.1 Å². The van der Waals surface area contributed by atoms with Gasteiger partial charge in [-0.1, -0.05) is 29.8 Å². The zero-order chi connectivity index (χ0) is 18.5. The Kier molecular flexibility index (Phi) is 5.48. The monoisotopic (exact) mass is 375 g/mol. The maximum atomic E-state index is 13.1. The van der Waals surface area contributed by atoms with E-state index in [4.69, 9.17) is 21.1 Å². The Morgan fingerprint density at radius 1 is 1.23 bits per heavy atom. The van der Waals surface area contributed by atoms with Crippen LogP contribution in [-0.4, -0.2) is 28.0 Å². The Balaban J connectivity index is 1.79. The van der Waals surface area contributed by atoms with Crippen LogP contribution < -0.4 is 4.74 Å². The molecule has 8 heteroatoms. The van der Waals surface area contributed by atoms with E-state index in [1.54, 1.807) is 37.3 Å². The van der Waals surface area contributed by atoms with Gasteiger partial charge in [0.2, 0.25) is 0 Å². The number of hydrogen-bond donors (Lipinski definition) is 1. The van der Waals surface area contributed by atoms with Gasteiger partial charge in [0.1, 0.15) is 23.9 Å². The minimum Gasteiger partial charge on any atom is -0.489 e. The van der Waals surface area contributed by atoms with Crippen LogP contribution in [0.1, 0.15) is 23.0 Å². The normalized spacial score (nSPS) is 10.6. The lowest BCUT2D eigenvalue weighted by atomic mass is 10.1. The fourth-order valence-electron chi connectivity index (χ4n) is 2.31. The van der Waals surface area contributed by atoms with E-state index < -0.39 is 11.8 Å². The van der Waals surface area contributed by atoms with Crippen molar-refractivity contribution in [1.29, 1.82) is 0 Å². The number of nitrogens with one attached hydrogen (secondary N) is 1. The summed E-state index contributed by atoms with van der Waals surface area (Å²) in [5, 5.41) is 10.6. The molecule has 0 aliphatic carbocycles. The summed E-state index contributed by atoms with van der Waals surface area (Å²) in [4.78, 5) is 11.9. The van der Waals surface area contributed by atoms with Crippen LogP contribution in [0, 0.1) is 5.82 Å². The second kappa shape index (κ2) is 7.97. The van der Waals surface area contributed by atoms with Gasteiger partial charge < -0.3 is 9.47 Å².